The molecule has 3 aromatic carbocycles. The van der Waals surface area contributed by atoms with Crippen LogP contribution in [0, 0.1) is 0 Å². The van der Waals surface area contributed by atoms with Crippen molar-refractivity contribution in [1.82, 2.24) is 15.5 Å². The molecule has 150 valence electrons. The van der Waals surface area contributed by atoms with Crippen molar-refractivity contribution in [2.75, 3.05) is 0 Å². The van der Waals surface area contributed by atoms with E-state index in [-0.39, 0.29) is 11.9 Å². The summed E-state index contributed by atoms with van der Waals surface area (Å²) >= 11 is 9.38. The van der Waals surface area contributed by atoms with Crippen LogP contribution in [0.4, 0.5) is 0 Å². The summed E-state index contributed by atoms with van der Waals surface area (Å²) in [5.41, 5.74) is 5.33. The van der Waals surface area contributed by atoms with Crippen molar-refractivity contribution in [3.63, 3.8) is 0 Å². The molecule has 4 rings (SSSR count). The van der Waals surface area contributed by atoms with Gasteiger partial charge in [0, 0.05) is 20.6 Å². The van der Waals surface area contributed by atoms with Crippen LogP contribution < -0.4 is 5.32 Å². The average molecular weight is 481 g/mol. The molecule has 0 saturated heterocycles. The molecule has 0 bridgehead atoms. The van der Waals surface area contributed by atoms with Crippen LogP contribution in [0.5, 0.6) is 0 Å². The standard InChI is InChI=1S/C24H19BrClN3O/c1-15(16-6-10-20(25)11-7-16)27-24(30)19-4-2-17(3-5-19)22-14-23(29-28-22)18-8-12-21(26)13-9-18/h2-15H,1H3,(H,27,30)(H,28,29)/t15-/m0/s1. The van der Waals surface area contributed by atoms with E-state index in [1.165, 1.54) is 0 Å². The van der Waals surface area contributed by atoms with Gasteiger partial charge in [-0.1, -0.05) is 63.9 Å². The van der Waals surface area contributed by atoms with Crippen molar-refractivity contribution in [2.24, 2.45) is 0 Å². The van der Waals surface area contributed by atoms with Crippen molar-refractivity contribution < 1.29 is 4.79 Å². The Hall–Kier alpha value is -2.89. The van der Waals surface area contributed by atoms with Gasteiger partial charge in [-0.15, -0.1) is 0 Å². The molecule has 0 aliphatic carbocycles. The Balaban J connectivity index is 1.45. The fourth-order valence-electron chi connectivity index (χ4n) is 3.15. The number of hydrogen-bond acceptors (Lipinski definition) is 2. The highest BCUT2D eigenvalue weighted by molar-refractivity contribution is 9.10. The Morgan fingerprint density at radius 1 is 0.967 bits per heavy atom. The number of hydrogen-bond donors (Lipinski definition) is 2. The van der Waals surface area contributed by atoms with E-state index in [1.54, 1.807) is 0 Å². The summed E-state index contributed by atoms with van der Waals surface area (Å²) in [5, 5.41) is 11.2. The van der Waals surface area contributed by atoms with Gasteiger partial charge in [0.2, 0.25) is 0 Å². The van der Waals surface area contributed by atoms with Crippen LogP contribution in [-0.4, -0.2) is 16.1 Å². The lowest BCUT2D eigenvalue weighted by Crippen LogP contribution is -2.26. The van der Waals surface area contributed by atoms with Crippen molar-refractivity contribution in [3.8, 4) is 22.5 Å². The predicted molar refractivity (Wildman–Crippen MR) is 124 cm³/mol. The number of rotatable bonds is 5. The van der Waals surface area contributed by atoms with Gasteiger partial charge in [0.15, 0.2) is 0 Å². The fraction of sp³-hybridized carbons (Fsp3) is 0.0833. The number of nitrogens with one attached hydrogen (secondary N) is 2. The third kappa shape index (κ3) is 4.64. The number of aromatic amines is 1. The van der Waals surface area contributed by atoms with E-state index >= 15 is 0 Å². The fourth-order valence-corrected chi connectivity index (χ4v) is 3.54. The quantitative estimate of drug-likeness (QED) is 0.336. The summed E-state index contributed by atoms with van der Waals surface area (Å²) in [7, 11) is 0. The van der Waals surface area contributed by atoms with Crippen LogP contribution in [-0.2, 0) is 0 Å². The van der Waals surface area contributed by atoms with E-state index < -0.39 is 0 Å². The van der Waals surface area contributed by atoms with E-state index in [9.17, 15) is 4.79 Å². The highest BCUT2D eigenvalue weighted by Gasteiger charge is 2.12. The van der Waals surface area contributed by atoms with Gasteiger partial charge in [-0.25, -0.2) is 0 Å². The molecule has 4 nitrogen and oxygen atoms in total. The van der Waals surface area contributed by atoms with E-state index in [2.05, 4.69) is 31.4 Å². The molecule has 1 amide bonds. The van der Waals surface area contributed by atoms with E-state index in [0.717, 1.165) is 32.6 Å². The summed E-state index contributed by atoms with van der Waals surface area (Å²) in [5.74, 6) is -0.110. The molecule has 30 heavy (non-hydrogen) atoms. The maximum atomic E-state index is 12.6. The number of benzene rings is 3. The first-order valence-corrected chi connectivity index (χ1v) is 10.6. The van der Waals surface area contributed by atoms with Gasteiger partial charge >= 0.3 is 0 Å². The monoisotopic (exact) mass is 479 g/mol. The average Bonchev–Trinajstić information content (AvgIpc) is 3.25. The topological polar surface area (TPSA) is 57.8 Å². The van der Waals surface area contributed by atoms with Crippen molar-refractivity contribution in [3.05, 3.63) is 99.5 Å². The van der Waals surface area contributed by atoms with Gasteiger partial charge in [-0.2, -0.15) is 5.10 Å². The molecule has 0 saturated carbocycles. The maximum Gasteiger partial charge on any atom is 0.251 e. The molecule has 0 aliphatic rings. The largest absolute Gasteiger partial charge is 0.346 e. The number of H-pyrrole nitrogens is 1. The lowest BCUT2D eigenvalue weighted by Gasteiger charge is -2.14. The maximum absolute atomic E-state index is 12.6. The van der Waals surface area contributed by atoms with Crippen LogP contribution in [0.2, 0.25) is 5.02 Å². The Bertz CT molecular complexity index is 1150. The number of amides is 1. The molecule has 1 heterocycles. The Labute approximate surface area is 188 Å². The first kappa shape index (κ1) is 20.4. The molecule has 0 spiro atoms. The minimum atomic E-state index is -0.110. The highest BCUT2D eigenvalue weighted by atomic mass is 79.9. The number of nitrogens with zero attached hydrogens (tertiary/aromatic N) is 1. The number of carbonyl (C=O) groups is 1. The van der Waals surface area contributed by atoms with Gasteiger partial charge in [0.1, 0.15) is 0 Å². The Kier molecular flexibility index (Phi) is 6.02. The van der Waals surface area contributed by atoms with Gasteiger partial charge < -0.3 is 5.32 Å². The highest BCUT2D eigenvalue weighted by Crippen LogP contribution is 2.25. The molecule has 0 aliphatic heterocycles. The SMILES string of the molecule is C[C@H](NC(=O)c1ccc(-c2cc(-c3ccc(Cl)cc3)[nH]n2)cc1)c1ccc(Br)cc1. The molecule has 0 unspecified atom stereocenters. The molecule has 1 aromatic heterocycles. The van der Waals surface area contributed by atoms with Crippen molar-refractivity contribution >= 4 is 33.4 Å². The lowest BCUT2D eigenvalue weighted by molar-refractivity contribution is 0.0940. The zero-order chi connectivity index (χ0) is 21.1. The van der Waals surface area contributed by atoms with Crippen molar-refractivity contribution in [2.45, 2.75) is 13.0 Å². The van der Waals surface area contributed by atoms with Crippen LogP contribution in [0.3, 0.4) is 0 Å². The lowest BCUT2D eigenvalue weighted by atomic mass is 10.1. The molecule has 1 atom stereocenters. The molecule has 6 heteroatoms. The first-order chi connectivity index (χ1) is 14.5. The summed E-state index contributed by atoms with van der Waals surface area (Å²) in [6, 6.07) is 24.8. The summed E-state index contributed by atoms with van der Waals surface area (Å²) in [4.78, 5) is 12.6. The smallest absolute Gasteiger partial charge is 0.251 e. The van der Waals surface area contributed by atoms with Crippen LogP contribution in [0.15, 0.2) is 83.3 Å². The van der Waals surface area contributed by atoms with Gasteiger partial charge in [-0.3, -0.25) is 9.89 Å². The zero-order valence-corrected chi connectivity index (χ0v) is 18.5. The molecule has 4 aromatic rings. The Morgan fingerprint density at radius 3 is 2.27 bits per heavy atom. The second kappa shape index (κ2) is 8.86. The third-order valence-electron chi connectivity index (χ3n) is 4.89. The number of carbonyl (C=O) groups excluding carboxylic acids is 1. The molecular formula is C24H19BrClN3O. The van der Waals surface area contributed by atoms with Crippen LogP contribution in [0.1, 0.15) is 28.9 Å². The first-order valence-electron chi connectivity index (χ1n) is 9.48. The number of halogens is 2. The zero-order valence-electron chi connectivity index (χ0n) is 16.2. The second-order valence-electron chi connectivity index (χ2n) is 7.00. The normalized spacial score (nSPS) is 11.8. The molecule has 0 radical (unpaired) electrons. The summed E-state index contributed by atoms with van der Waals surface area (Å²) in [6.07, 6.45) is 0. The Morgan fingerprint density at radius 2 is 1.60 bits per heavy atom. The molecule has 0 fully saturated rings. The van der Waals surface area contributed by atoms with E-state index in [0.29, 0.717) is 10.6 Å². The third-order valence-corrected chi connectivity index (χ3v) is 5.67. The van der Waals surface area contributed by atoms with Crippen molar-refractivity contribution in [1.29, 1.82) is 0 Å². The van der Waals surface area contributed by atoms with E-state index in [4.69, 9.17) is 11.6 Å². The second-order valence-corrected chi connectivity index (χ2v) is 8.35. The van der Waals surface area contributed by atoms with Gasteiger partial charge in [0.05, 0.1) is 17.4 Å². The minimum absolute atomic E-state index is 0.0847. The van der Waals surface area contributed by atoms with Crippen LogP contribution in [0.25, 0.3) is 22.5 Å². The van der Waals surface area contributed by atoms with Gasteiger partial charge in [0.25, 0.3) is 5.91 Å². The predicted octanol–water partition coefficient (Wildman–Crippen LogP) is 6.65. The minimum Gasteiger partial charge on any atom is -0.346 e. The summed E-state index contributed by atoms with van der Waals surface area (Å²) < 4.78 is 1.01. The molecular weight excluding hydrogens is 462 g/mol. The molecule has 2 N–H and O–H groups in total. The van der Waals surface area contributed by atoms with Gasteiger partial charge in [-0.05, 0) is 60.5 Å². The summed E-state index contributed by atoms with van der Waals surface area (Å²) in [6.45, 7) is 1.97. The number of aromatic nitrogens is 2. The van der Waals surface area contributed by atoms with E-state index in [1.807, 2.05) is 85.8 Å². The van der Waals surface area contributed by atoms with Crippen LogP contribution >= 0.6 is 27.5 Å².